The van der Waals surface area contributed by atoms with Gasteiger partial charge in [0, 0.05) is 25.7 Å². The minimum Gasteiger partial charge on any atom is -0.469 e. The van der Waals surface area contributed by atoms with E-state index < -0.39 is 6.10 Å². The maximum Gasteiger partial charge on any atom is 0.311 e. The van der Waals surface area contributed by atoms with Crippen molar-refractivity contribution in [2.45, 2.75) is 64.1 Å². The molecule has 0 spiro atoms. The van der Waals surface area contributed by atoms with Crippen molar-refractivity contribution in [2.75, 3.05) is 26.8 Å². The molecule has 0 radical (unpaired) electrons. The molecule has 1 amide bonds. The van der Waals surface area contributed by atoms with Crippen molar-refractivity contribution in [3.63, 3.8) is 0 Å². The molecule has 6 heteroatoms. The summed E-state index contributed by atoms with van der Waals surface area (Å²) in [6, 6.07) is 10.5. The van der Waals surface area contributed by atoms with Crippen LogP contribution in [0.1, 0.15) is 51.0 Å². The fourth-order valence-corrected chi connectivity index (χ4v) is 6.04. The fourth-order valence-electron chi connectivity index (χ4n) is 6.04. The molecule has 2 bridgehead atoms. The first-order chi connectivity index (χ1) is 15.0. The quantitative estimate of drug-likeness (QED) is 0.705. The zero-order valence-corrected chi connectivity index (χ0v) is 18.8. The van der Waals surface area contributed by atoms with Crippen LogP contribution < -0.4 is 5.32 Å². The van der Waals surface area contributed by atoms with E-state index in [0.29, 0.717) is 25.0 Å². The van der Waals surface area contributed by atoms with Crippen LogP contribution in [0.4, 0.5) is 0 Å². The van der Waals surface area contributed by atoms with Crippen molar-refractivity contribution in [1.82, 2.24) is 10.2 Å². The summed E-state index contributed by atoms with van der Waals surface area (Å²) in [5.74, 6) is 0.800. The average molecular weight is 429 g/mol. The minimum atomic E-state index is -0.435. The molecule has 1 N–H and O–H groups in total. The van der Waals surface area contributed by atoms with Crippen molar-refractivity contribution in [3.8, 4) is 0 Å². The smallest absolute Gasteiger partial charge is 0.311 e. The molecule has 1 heterocycles. The zero-order valence-electron chi connectivity index (χ0n) is 18.8. The summed E-state index contributed by atoms with van der Waals surface area (Å²) < 4.78 is 11.0. The molecule has 2 saturated carbocycles. The van der Waals surface area contributed by atoms with Crippen molar-refractivity contribution >= 4 is 11.9 Å². The van der Waals surface area contributed by atoms with Crippen molar-refractivity contribution < 1.29 is 19.1 Å². The lowest BCUT2D eigenvalue weighted by Crippen LogP contribution is -2.55. The Hall–Kier alpha value is -1.92. The zero-order chi connectivity index (χ0) is 21.8. The predicted molar refractivity (Wildman–Crippen MR) is 118 cm³/mol. The van der Waals surface area contributed by atoms with E-state index in [1.807, 2.05) is 18.2 Å². The number of benzene rings is 1. The van der Waals surface area contributed by atoms with Gasteiger partial charge in [0.05, 0.1) is 19.1 Å². The first-order valence-corrected chi connectivity index (χ1v) is 11.8. The summed E-state index contributed by atoms with van der Waals surface area (Å²) in [6.45, 7) is 4.94. The van der Waals surface area contributed by atoms with Crippen molar-refractivity contribution in [2.24, 2.45) is 17.3 Å². The summed E-state index contributed by atoms with van der Waals surface area (Å²) >= 11 is 0. The van der Waals surface area contributed by atoms with Gasteiger partial charge in [-0.05, 0) is 55.9 Å². The number of esters is 1. The van der Waals surface area contributed by atoms with Gasteiger partial charge in [0.15, 0.2) is 0 Å². The molecule has 4 rings (SSSR count). The average Bonchev–Trinajstić information content (AvgIpc) is 2.81. The summed E-state index contributed by atoms with van der Waals surface area (Å²) in [5.41, 5.74) is 0.863. The molecular weight excluding hydrogens is 392 g/mol. The number of amides is 1. The van der Waals surface area contributed by atoms with Crippen LogP contribution in [0.15, 0.2) is 30.3 Å². The number of rotatable bonds is 6. The van der Waals surface area contributed by atoms with Crippen LogP contribution in [0, 0.1) is 17.3 Å². The molecule has 3 fully saturated rings. The van der Waals surface area contributed by atoms with Crippen LogP contribution >= 0.6 is 0 Å². The molecule has 1 aromatic carbocycles. The largest absolute Gasteiger partial charge is 0.469 e. The minimum absolute atomic E-state index is 0.00745. The van der Waals surface area contributed by atoms with Gasteiger partial charge in [-0.15, -0.1) is 0 Å². The Morgan fingerprint density at radius 2 is 2.03 bits per heavy atom. The third kappa shape index (κ3) is 4.96. The Morgan fingerprint density at radius 3 is 2.77 bits per heavy atom. The second kappa shape index (κ2) is 9.70. The lowest BCUT2D eigenvalue weighted by atomic mass is 9.58. The summed E-state index contributed by atoms with van der Waals surface area (Å²) in [4.78, 5) is 28.0. The number of hydrogen-bond acceptors (Lipinski definition) is 5. The number of carbonyl (C=O) groups is 2. The van der Waals surface area contributed by atoms with Gasteiger partial charge >= 0.3 is 5.97 Å². The highest BCUT2D eigenvalue weighted by atomic mass is 16.5. The van der Waals surface area contributed by atoms with Crippen LogP contribution in [0.2, 0.25) is 0 Å². The molecule has 5 atom stereocenters. The van der Waals surface area contributed by atoms with Gasteiger partial charge in [0.1, 0.15) is 6.10 Å². The standard InChI is InChI=1S/C25H36N2O4/c1-3-25(24(29)30-2)14-19-9-10-21(20(13-19)15-25)26-23(28)22-17-27(11-12-31-22)16-18-7-5-4-6-8-18/h4-8,19-22H,3,9-17H2,1-2H3,(H,26,28)/t19?,20?,21?,22-,25-/m0/s1. The van der Waals surface area contributed by atoms with E-state index in [1.54, 1.807) is 0 Å². The van der Waals surface area contributed by atoms with E-state index in [-0.39, 0.29) is 23.3 Å². The summed E-state index contributed by atoms with van der Waals surface area (Å²) in [5, 5.41) is 3.30. The van der Waals surface area contributed by atoms with Crippen LogP contribution in [0.25, 0.3) is 0 Å². The highest BCUT2D eigenvalue weighted by Gasteiger charge is 2.49. The lowest BCUT2D eigenvalue weighted by Gasteiger charge is -2.48. The first-order valence-electron chi connectivity index (χ1n) is 11.8. The maximum atomic E-state index is 13.1. The van der Waals surface area contributed by atoms with Crippen LogP contribution in [0.5, 0.6) is 0 Å². The Balaban J connectivity index is 1.36. The monoisotopic (exact) mass is 428 g/mol. The predicted octanol–water partition coefficient (Wildman–Crippen LogP) is 3.15. The number of nitrogens with zero attached hydrogens (tertiary/aromatic N) is 1. The van der Waals surface area contributed by atoms with Gasteiger partial charge < -0.3 is 14.8 Å². The van der Waals surface area contributed by atoms with Gasteiger partial charge in [-0.25, -0.2) is 0 Å². The Kier molecular flexibility index (Phi) is 6.97. The van der Waals surface area contributed by atoms with Gasteiger partial charge in [0.25, 0.3) is 5.91 Å². The number of nitrogens with one attached hydrogen (secondary N) is 1. The molecule has 3 aliphatic rings. The summed E-state index contributed by atoms with van der Waals surface area (Å²) in [7, 11) is 1.49. The van der Waals surface area contributed by atoms with Crippen LogP contribution in [-0.2, 0) is 25.6 Å². The van der Waals surface area contributed by atoms with E-state index >= 15 is 0 Å². The second-order valence-corrected chi connectivity index (χ2v) is 9.67. The molecule has 6 nitrogen and oxygen atoms in total. The third-order valence-electron chi connectivity index (χ3n) is 7.74. The molecule has 170 valence electrons. The second-order valence-electron chi connectivity index (χ2n) is 9.67. The number of morpholine rings is 1. The highest BCUT2D eigenvalue weighted by molar-refractivity contribution is 5.81. The van der Waals surface area contributed by atoms with E-state index in [1.165, 1.54) is 12.7 Å². The normalized spacial score (nSPS) is 33.5. The van der Waals surface area contributed by atoms with Gasteiger partial charge in [-0.3, -0.25) is 14.5 Å². The SMILES string of the molecule is CC[C@]1(C(=O)OC)CC2CCC(NC(=O)[C@@H]3CN(Cc4ccccc4)CCO3)C(C2)C1. The molecule has 2 aliphatic carbocycles. The lowest BCUT2D eigenvalue weighted by molar-refractivity contribution is -0.159. The molecule has 31 heavy (non-hydrogen) atoms. The Labute approximate surface area is 185 Å². The molecule has 1 aromatic rings. The number of hydrogen-bond donors (Lipinski definition) is 1. The molecule has 1 saturated heterocycles. The van der Waals surface area contributed by atoms with E-state index in [0.717, 1.165) is 51.6 Å². The van der Waals surface area contributed by atoms with Gasteiger partial charge in [-0.2, -0.15) is 0 Å². The van der Waals surface area contributed by atoms with E-state index in [2.05, 4.69) is 29.3 Å². The Morgan fingerprint density at radius 1 is 1.23 bits per heavy atom. The Bertz CT molecular complexity index is 770. The number of fused-ring (bicyclic) bond motifs is 2. The number of methoxy groups -OCH3 is 1. The highest BCUT2D eigenvalue weighted by Crippen LogP contribution is 2.51. The fraction of sp³-hybridized carbons (Fsp3) is 0.680. The van der Waals surface area contributed by atoms with Gasteiger partial charge in [0.2, 0.25) is 0 Å². The molecule has 0 aromatic heterocycles. The van der Waals surface area contributed by atoms with Crippen LogP contribution in [0.3, 0.4) is 0 Å². The molecular formula is C25H36N2O4. The number of carbonyl (C=O) groups excluding carboxylic acids is 2. The first kappa shape index (κ1) is 22.3. The molecule has 1 aliphatic heterocycles. The number of ether oxygens (including phenoxy) is 2. The van der Waals surface area contributed by atoms with Gasteiger partial charge in [-0.1, -0.05) is 37.3 Å². The third-order valence-corrected chi connectivity index (χ3v) is 7.74. The van der Waals surface area contributed by atoms with Crippen LogP contribution in [-0.4, -0.2) is 55.7 Å². The maximum absolute atomic E-state index is 13.1. The van der Waals surface area contributed by atoms with E-state index in [9.17, 15) is 9.59 Å². The topological polar surface area (TPSA) is 67.9 Å². The molecule has 3 unspecified atom stereocenters. The van der Waals surface area contributed by atoms with Crippen molar-refractivity contribution in [3.05, 3.63) is 35.9 Å². The summed E-state index contributed by atoms with van der Waals surface area (Å²) in [6.07, 6.45) is 5.24. The van der Waals surface area contributed by atoms with Crippen molar-refractivity contribution in [1.29, 1.82) is 0 Å². The van der Waals surface area contributed by atoms with E-state index in [4.69, 9.17) is 9.47 Å².